The van der Waals surface area contributed by atoms with Gasteiger partial charge in [0, 0.05) is 16.9 Å². The first-order valence-corrected chi connectivity index (χ1v) is 6.37. The van der Waals surface area contributed by atoms with Crippen LogP contribution in [0.4, 0.5) is 0 Å². The maximum absolute atomic E-state index is 3.49. The predicted molar refractivity (Wildman–Crippen MR) is 73.4 cm³/mol. The summed E-state index contributed by atoms with van der Waals surface area (Å²) in [6.07, 6.45) is 0.868. The molecule has 1 nitrogen and oxygen atoms in total. The summed E-state index contributed by atoms with van der Waals surface area (Å²) in [5.41, 5.74) is 2.64. The molecule has 0 amide bonds. The monoisotopic (exact) mass is 279 g/mol. The van der Waals surface area contributed by atoms with Gasteiger partial charge in [-0.2, -0.15) is 0 Å². The summed E-state index contributed by atoms with van der Waals surface area (Å²) in [5.74, 6) is 6.11. The maximum atomic E-state index is 3.49. The highest BCUT2D eigenvalue weighted by atomic mass is 79.9. The van der Waals surface area contributed by atoms with E-state index in [1.807, 2.05) is 6.92 Å². The molecule has 0 radical (unpaired) electrons. The molecule has 0 aliphatic carbocycles. The summed E-state index contributed by atoms with van der Waals surface area (Å²) in [6.45, 7) is 7.12. The minimum absolute atomic E-state index is 0.338. The zero-order valence-electron chi connectivity index (χ0n) is 10.1. The van der Waals surface area contributed by atoms with E-state index in [2.05, 4.69) is 65.1 Å². The van der Waals surface area contributed by atoms with Crippen molar-refractivity contribution in [1.29, 1.82) is 0 Å². The first-order valence-electron chi connectivity index (χ1n) is 5.58. The molecule has 1 rings (SSSR count). The molecule has 1 atom stereocenters. The minimum atomic E-state index is 0.338. The summed E-state index contributed by atoms with van der Waals surface area (Å²) in [5, 5.41) is 3.48. The molecule has 1 aromatic rings. The lowest BCUT2D eigenvalue weighted by Gasteiger charge is -2.18. The Hall–Kier alpha value is -0.780. The van der Waals surface area contributed by atoms with Gasteiger partial charge in [-0.1, -0.05) is 28.9 Å². The largest absolute Gasteiger partial charge is 0.309 e. The summed E-state index contributed by atoms with van der Waals surface area (Å²) in [4.78, 5) is 0. The normalized spacial score (nSPS) is 11.8. The molecule has 16 heavy (non-hydrogen) atoms. The quantitative estimate of drug-likeness (QED) is 0.827. The van der Waals surface area contributed by atoms with E-state index < -0.39 is 0 Å². The SMILES string of the molecule is CC#CCC(NCC)c1ccc(Br)cc1C. The van der Waals surface area contributed by atoms with E-state index in [0.29, 0.717) is 6.04 Å². The maximum Gasteiger partial charge on any atom is 0.0433 e. The molecule has 0 saturated heterocycles. The van der Waals surface area contributed by atoms with Crippen molar-refractivity contribution in [3.8, 4) is 11.8 Å². The third-order valence-corrected chi connectivity index (χ3v) is 3.03. The molecule has 2 heteroatoms. The first-order chi connectivity index (χ1) is 7.69. The van der Waals surface area contributed by atoms with Gasteiger partial charge in [0.15, 0.2) is 0 Å². The van der Waals surface area contributed by atoms with E-state index >= 15 is 0 Å². The highest BCUT2D eigenvalue weighted by Gasteiger charge is 2.11. The molecule has 1 N–H and O–H groups in total. The Kier molecular flexibility index (Phi) is 5.59. The molecular weight excluding hydrogens is 262 g/mol. The number of aryl methyl sites for hydroxylation is 1. The van der Waals surface area contributed by atoms with Crippen LogP contribution in [0.15, 0.2) is 22.7 Å². The molecule has 0 aliphatic rings. The number of halogens is 1. The molecule has 0 aromatic heterocycles. The van der Waals surface area contributed by atoms with Crippen molar-refractivity contribution >= 4 is 15.9 Å². The molecule has 0 fully saturated rings. The fourth-order valence-corrected chi connectivity index (χ4v) is 2.25. The lowest BCUT2D eigenvalue weighted by molar-refractivity contribution is 0.562. The smallest absolute Gasteiger partial charge is 0.0433 e. The van der Waals surface area contributed by atoms with Crippen molar-refractivity contribution < 1.29 is 0 Å². The van der Waals surface area contributed by atoms with Gasteiger partial charge in [-0.25, -0.2) is 0 Å². The molecule has 1 aromatic carbocycles. The van der Waals surface area contributed by atoms with Crippen molar-refractivity contribution in [1.82, 2.24) is 5.32 Å². The van der Waals surface area contributed by atoms with Gasteiger partial charge in [0.25, 0.3) is 0 Å². The van der Waals surface area contributed by atoms with Gasteiger partial charge in [0.2, 0.25) is 0 Å². The van der Waals surface area contributed by atoms with Crippen LogP contribution in [0.5, 0.6) is 0 Å². The fraction of sp³-hybridized carbons (Fsp3) is 0.429. The second kappa shape index (κ2) is 6.73. The van der Waals surface area contributed by atoms with Crippen LogP contribution in [-0.4, -0.2) is 6.54 Å². The summed E-state index contributed by atoms with van der Waals surface area (Å²) in [7, 11) is 0. The van der Waals surface area contributed by atoms with E-state index in [9.17, 15) is 0 Å². The van der Waals surface area contributed by atoms with Crippen LogP contribution >= 0.6 is 15.9 Å². The van der Waals surface area contributed by atoms with Crippen LogP contribution in [0.3, 0.4) is 0 Å². The molecule has 86 valence electrons. The van der Waals surface area contributed by atoms with E-state index in [1.54, 1.807) is 0 Å². The molecule has 0 aliphatic heterocycles. The summed E-state index contributed by atoms with van der Waals surface area (Å²) < 4.78 is 1.13. The van der Waals surface area contributed by atoms with Gasteiger partial charge in [0.1, 0.15) is 0 Å². The predicted octanol–water partition coefficient (Wildman–Crippen LogP) is 3.82. The fourth-order valence-electron chi connectivity index (χ4n) is 1.77. The van der Waals surface area contributed by atoms with Crippen molar-refractivity contribution in [2.75, 3.05) is 6.54 Å². The topological polar surface area (TPSA) is 12.0 Å². The third-order valence-electron chi connectivity index (χ3n) is 2.54. The van der Waals surface area contributed by atoms with Crippen molar-refractivity contribution in [3.05, 3.63) is 33.8 Å². The first kappa shape index (κ1) is 13.3. The van der Waals surface area contributed by atoms with Gasteiger partial charge in [-0.3, -0.25) is 0 Å². The van der Waals surface area contributed by atoms with E-state index in [4.69, 9.17) is 0 Å². The molecule has 0 saturated carbocycles. The Labute approximate surface area is 107 Å². The Balaban J connectivity index is 2.94. The van der Waals surface area contributed by atoms with Gasteiger partial charge in [0.05, 0.1) is 0 Å². The molecular formula is C14H18BrN. The number of rotatable bonds is 4. The average Bonchev–Trinajstić information content (AvgIpc) is 2.25. The van der Waals surface area contributed by atoms with E-state index in [-0.39, 0.29) is 0 Å². The lowest BCUT2D eigenvalue weighted by Crippen LogP contribution is -2.21. The van der Waals surface area contributed by atoms with Gasteiger partial charge >= 0.3 is 0 Å². The summed E-state index contributed by atoms with van der Waals surface area (Å²) >= 11 is 3.49. The van der Waals surface area contributed by atoms with E-state index in [0.717, 1.165) is 17.4 Å². The van der Waals surface area contributed by atoms with Gasteiger partial charge in [-0.15, -0.1) is 11.8 Å². The van der Waals surface area contributed by atoms with Crippen LogP contribution in [0.2, 0.25) is 0 Å². The third kappa shape index (κ3) is 3.66. The number of nitrogens with one attached hydrogen (secondary N) is 1. The van der Waals surface area contributed by atoms with Crippen molar-refractivity contribution in [3.63, 3.8) is 0 Å². The Bertz CT molecular complexity index is 401. The number of hydrogen-bond acceptors (Lipinski definition) is 1. The van der Waals surface area contributed by atoms with Gasteiger partial charge in [-0.05, 0) is 43.7 Å². The van der Waals surface area contributed by atoms with Crippen LogP contribution in [-0.2, 0) is 0 Å². The van der Waals surface area contributed by atoms with Crippen LogP contribution < -0.4 is 5.32 Å². The zero-order valence-corrected chi connectivity index (χ0v) is 11.7. The molecule has 0 heterocycles. The lowest BCUT2D eigenvalue weighted by atomic mass is 9.99. The van der Waals surface area contributed by atoms with Gasteiger partial charge < -0.3 is 5.32 Å². The summed E-state index contributed by atoms with van der Waals surface area (Å²) in [6, 6.07) is 6.75. The van der Waals surface area contributed by atoms with E-state index in [1.165, 1.54) is 11.1 Å². The van der Waals surface area contributed by atoms with Crippen molar-refractivity contribution in [2.24, 2.45) is 0 Å². The highest BCUT2D eigenvalue weighted by molar-refractivity contribution is 9.10. The average molecular weight is 280 g/mol. The Morgan fingerprint density at radius 1 is 1.44 bits per heavy atom. The van der Waals surface area contributed by atoms with Crippen LogP contribution in [0, 0.1) is 18.8 Å². The van der Waals surface area contributed by atoms with Crippen LogP contribution in [0.25, 0.3) is 0 Å². The minimum Gasteiger partial charge on any atom is -0.309 e. The molecule has 0 bridgehead atoms. The standard InChI is InChI=1S/C14H18BrN/c1-4-6-7-14(16-5-2)13-9-8-12(15)10-11(13)3/h8-10,14,16H,5,7H2,1-3H3. The Morgan fingerprint density at radius 3 is 2.75 bits per heavy atom. The molecule has 0 spiro atoms. The zero-order chi connectivity index (χ0) is 12.0. The Morgan fingerprint density at radius 2 is 2.19 bits per heavy atom. The van der Waals surface area contributed by atoms with Crippen molar-refractivity contribution in [2.45, 2.75) is 33.2 Å². The highest BCUT2D eigenvalue weighted by Crippen LogP contribution is 2.23. The number of benzene rings is 1. The molecule has 1 unspecified atom stereocenters. The number of hydrogen-bond donors (Lipinski definition) is 1. The second-order valence-electron chi connectivity index (χ2n) is 3.74. The van der Waals surface area contributed by atoms with Crippen LogP contribution in [0.1, 0.15) is 37.4 Å². The second-order valence-corrected chi connectivity index (χ2v) is 4.66.